The maximum Gasteiger partial charge on any atom is 0.416 e. The topological polar surface area (TPSA) is 59.2 Å². The molecule has 1 amide bonds. The van der Waals surface area contributed by atoms with Crippen LogP contribution < -0.4 is 4.90 Å². The number of aromatic nitrogens is 2. The van der Waals surface area contributed by atoms with E-state index in [2.05, 4.69) is 17.1 Å². The Morgan fingerprint density at radius 3 is 2.41 bits per heavy atom. The van der Waals surface area contributed by atoms with E-state index in [4.69, 9.17) is 4.52 Å². The molecule has 2 aromatic carbocycles. The van der Waals surface area contributed by atoms with E-state index in [1.165, 1.54) is 17.7 Å². The van der Waals surface area contributed by atoms with Crippen molar-refractivity contribution < 1.29 is 22.5 Å². The predicted octanol–water partition coefficient (Wildman–Crippen LogP) is 4.84. The van der Waals surface area contributed by atoms with Crippen molar-refractivity contribution in [2.75, 3.05) is 11.4 Å². The predicted molar refractivity (Wildman–Crippen MR) is 100 cm³/mol. The van der Waals surface area contributed by atoms with Gasteiger partial charge in [0.15, 0.2) is 0 Å². The average Bonchev–Trinajstić information content (AvgIpc) is 3.34. The highest BCUT2D eigenvalue weighted by Gasteiger charge is 2.35. The molecule has 4 rings (SSSR count). The van der Waals surface area contributed by atoms with Crippen LogP contribution in [-0.4, -0.2) is 22.6 Å². The van der Waals surface area contributed by atoms with Crippen molar-refractivity contribution >= 4 is 11.6 Å². The summed E-state index contributed by atoms with van der Waals surface area (Å²) < 4.78 is 43.4. The molecule has 1 unspecified atom stereocenters. The third-order valence-electron chi connectivity index (χ3n) is 5.04. The molecule has 0 saturated carbocycles. The summed E-state index contributed by atoms with van der Waals surface area (Å²) in [6.45, 7) is 2.48. The Hall–Kier alpha value is -3.16. The van der Waals surface area contributed by atoms with E-state index in [0.29, 0.717) is 18.0 Å². The quantitative estimate of drug-likeness (QED) is 0.628. The largest absolute Gasteiger partial charge is 0.416 e. The molecule has 0 spiro atoms. The molecule has 1 fully saturated rings. The Bertz CT molecular complexity index is 1010. The first-order valence-corrected chi connectivity index (χ1v) is 9.25. The molecule has 2 heterocycles. The Morgan fingerprint density at radius 1 is 1.10 bits per heavy atom. The van der Waals surface area contributed by atoms with E-state index >= 15 is 0 Å². The minimum absolute atomic E-state index is 0.0338. The normalized spacial score (nSPS) is 17.2. The maximum absolute atomic E-state index is 12.7. The molecular weight excluding hydrogens is 383 g/mol. The van der Waals surface area contributed by atoms with Gasteiger partial charge in [-0.15, -0.1) is 0 Å². The first-order valence-electron chi connectivity index (χ1n) is 9.25. The molecule has 29 heavy (non-hydrogen) atoms. The van der Waals surface area contributed by atoms with Gasteiger partial charge in [-0.1, -0.05) is 36.3 Å². The molecule has 5 nitrogen and oxygen atoms in total. The third-order valence-corrected chi connectivity index (χ3v) is 5.04. The van der Waals surface area contributed by atoms with E-state index in [9.17, 15) is 18.0 Å². The lowest BCUT2D eigenvalue weighted by Gasteiger charge is -2.16. The van der Waals surface area contributed by atoms with Crippen LogP contribution in [-0.2, 0) is 17.4 Å². The van der Waals surface area contributed by atoms with Crippen molar-refractivity contribution in [2.24, 2.45) is 0 Å². The molecule has 150 valence electrons. The number of halogens is 3. The van der Waals surface area contributed by atoms with Crippen LogP contribution in [0.1, 0.15) is 36.3 Å². The molecule has 0 N–H and O–H groups in total. The van der Waals surface area contributed by atoms with Gasteiger partial charge in [0.2, 0.25) is 17.6 Å². The van der Waals surface area contributed by atoms with Gasteiger partial charge in [-0.2, -0.15) is 18.2 Å². The number of hydrogen-bond acceptors (Lipinski definition) is 4. The van der Waals surface area contributed by atoms with Gasteiger partial charge in [-0.05, 0) is 36.2 Å². The number of anilines is 1. The van der Waals surface area contributed by atoms with Crippen molar-refractivity contribution in [3.63, 3.8) is 0 Å². The second kappa shape index (κ2) is 7.35. The Kier molecular flexibility index (Phi) is 4.86. The van der Waals surface area contributed by atoms with E-state index in [1.54, 1.807) is 4.90 Å². The molecule has 1 aliphatic rings. The Morgan fingerprint density at radius 2 is 1.79 bits per heavy atom. The number of hydrogen-bond donors (Lipinski definition) is 0. The van der Waals surface area contributed by atoms with Crippen LogP contribution in [0.5, 0.6) is 0 Å². The van der Waals surface area contributed by atoms with E-state index in [0.717, 1.165) is 24.2 Å². The van der Waals surface area contributed by atoms with E-state index in [1.807, 2.05) is 24.3 Å². The van der Waals surface area contributed by atoms with Crippen molar-refractivity contribution in [3.8, 4) is 11.4 Å². The number of rotatable bonds is 4. The van der Waals surface area contributed by atoms with E-state index < -0.39 is 11.7 Å². The minimum Gasteiger partial charge on any atom is -0.339 e. The van der Waals surface area contributed by atoms with Gasteiger partial charge in [-0.3, -0.25) is 4.79 Å². The molecule has 3 aromatic rings. The number of carbonyl (C=O) groups excluding carboxylic acids is 1. The zero-order valence-corrected chi connectivity index (χ0v) is 15.6. The lowest BCUT2D eigenvalue weighted by atomic mass is 10.1. The van der Waals surface area contributed by atoms with Gasteiger partial charge in [0.25, 0.3) is 0 Å². The summed E-state index contributed by atoms with van der Waals surface area (Å²) in [5, 5.41) is 3.87. The summed E-state index contributed by atoms with van der Waals surface area (Å²) in [5.41, 5.74) is 1.69. The van der Waals surface area contributed by atoms with Gasteiger partial charge in [0, 0.05) is 24.2 Å². The lowest BCUT2D eigenvalue weighted by Crippen LogP contribution is -2.24. The summed E-state index contributed by atoms with van der Waals surface area (Å²) in [7, 11) is 0. The molecule has 1 atom stereocenters. The summed E-state index contributed by atoms with van der Waals surface area (Å²) in [6, 6.07) is 12.4. The second-order valence-corrected chi connectivity index (χ2v) is 6.96. The number of benzene rings is 2. The number of alkyl halides is 3. The SMILES string of the molecule is CCc1ccc(N2CC(c3nc(-c4ccc(C(F)(F)F)cc4)no3)CC2=O)cc1. The maximum atomic E-state index is 12.7. The van der Waals surface area contributed by atoms with Crippen LogP contribution in [0.2, 0.25) is 0 Å². The fourth-order valence-corrected chi connectivity index (χ4v) is 3.36. The standard InChI is InChI=1S/C21H18F3N3O2/c1-2-13-3-9-17(10-4-13)27-12-15(11-18(27)28)20-25-19(26-29-20)14-5-7-16(8-6-14)21(22,23)24/h3-10,15H,2,11-12H2,1H3. The fraction of sp³-hybridized carbons (Fsp3) is 0.286. The summed E-state index contributed by atoms with van der Waals surface area (Å²) >= 11 is 0. The van der Waals surface area contributed by atoms with Crippen LogP contribution in [0.25, 0.3) is 11.4 Å². The van der Waals surface area contributed by atoms with Gasteiger partial charge < -0.3 is 9.42 Å². The minimum atomic E-state index is -4.40. The first kappa shape index (κ1) is 19.2. The van der Waals surface area contributed by atoms with Gasteiger partial charge in [0.1, 0.15) is 0 Å². The summed E-state index contributed by atoms with van der Waals surface area (Å²) in [6.07, 6.45) is -3.24. The zero-order chi connectivity index (χ0) is 20.6. The van der Waals surface area contributed by atoms with Crippen LogP contribution >= 0.6 is 0 Å². The number of carbonyl (C=O) groups is 1. The van der Waals surface area contributed by atoms with Gasteiger partial charge >= 0.3 is 6.18 Å². The van der Waals surface area contributed by atoms with Crippen molar-refractivity contribution in [3.05, 3.63) is 65.5 Å². The summed E-state index contributed by atoms with van der Waals surface area (Å²) in [4.78, 5) is 18.4. The number of aryl methyl sites for hydroxylation is 1. The van der Waals surface area contributed by atoms with Crippen molar-refractivity contribution in [1.29, 1.82) is 0 Å². The van der Waals surface area contributed by atoms with Gasteiger partial charge in [0.05, 0.1) is 11.5 Å². The monoisotopic (exact) mass is 401 g/mol. The molecule has 0 bridgehead atoms. The molecule has 1 aliphatic heterocycles. The molecular formula is C21H18F3N3O2. The van der Waals surface area contributed by atoms with E-state index in [-0.39, 0.29) is 24.1 Å². The smallest absolute Gasteiger partial charge is 0.339 e. The van der Waals surface area contributed by atoms with Crippen LogP contribution in [0.3, 0.4) is 0 Å². The molecule has 8 heteroatoms. The highest BCUT2D eigenvalue weighted by molar-refractivity contribution is 5.96. The molecule has 0 aliphatic carbocycles. The van der Waals surface area contributed by atoms with Gasteiger partial charge in [-0.25, -0.2) is 0 Å². The first-order chi connectivity index (χ1) is 13.8. The Labute approximate surface area is 165 Å². The third kappa shape index (κ3) is 3.87. The van der Waals surface area contributed by atoms with Crippen molar-refractivity contribution in [2.45, 2.75) is 31.9 Å². The van der Waals surface area contributed by atoms with Crippen LogP contribution in [0.15, 0.2) is 53.1 Å². The molecule has 1 saturated heterocycles. The molecule has 0 radical (unpaired) electrons. The highest BCUT2D eigenvalue weighted by atomic mass is 19.4. The van der Waals surface area contributed by atoms with Crippen LogP contribution in [0.4, 0.5) is 18.9 Å². The second-order valence-electron chi connectivity index (χ2n) is 6.96. The lowest BCUT2D eigenvalue weighted by molar-refractivity contribution is -0.137. The number of amides is 1. The molecule has 1 aromatic heterocycles. The zero-order valence-electron chi connectivity index (χ0n) is 15.6. The average molecular weight is 401 g/mol. The summed E-state index contributed by atoms with van der Waals surface area (Å²) in [5.74, 6) is 0.213. The number of nitrogens with zero attached hydrogens (tertiary/aromatic N) is 3. The van der Waals surface area contributed by atoms with Crippen molar-refractivity contribution in [1.82, 2.24) is 10.1 Å². The Balaban J connectivity index is 1.50. The highest BCUT2D eigenvalue weighted by Crippen LogP contribution is 2.33. The van der Waals surface area contributed by atoms with Crippen LogP contribution in [0, 0.1) is 0 Å². The fourth-order valence-electron chi connectivity index (χ4n) is 3.36.